The summed E-state index contributed by atoms with van der Waals surface area (Å²) in [5, 5.41) is 81.1. The van der Waals surface area contributed by atoms with E-state index in [0.717, 1.165) is 121 Å². The standard InChI is InChI=1S/3C45H28N4Si/c1-47-42-26-24-37(50(34-14-6-3-7-15-34,35-16-8-4-9-17-35)36-18-10-5-11-19-36)30-40(42)38-25-23-33(29-43(38)48-2)49-44-21-13-12-20-39(44)41-28-32(31-46)22-27-45(41)49;1-48-42-29-35(49-43-20-12-11-19-40(43)41-27-32(30-46)21-26-44(41)49)28-34(31-47)45(42)33-22-24-39(25-23-33)50(36-13-5-2-6-14-36,37-15-7-3-8-16-37)38-17-9-4-10-18-38;46-29-32-24-26-42-40(27-32)38-20-10-11-21-41(38)49(42)43-22-12-13-34(31-48)45(43)39-25-23-33(30-47)28-44(39)50(35-14-4-1-5-15-35,36-16-6-2-7-17-36)37-18-8-3-9-19-37/h3-30H;2-29H;1-28H. The van der Waals surface area contributed by atoms with E-state index in [1.165, 1.54) is 51.9 Å². The summed E-state index contributed by atoms with van der Waals surface area (Å²) in [5.41, 5.74) is 17.4. The maximum atomic E-state index is 10.8. The summed E-state index contributed by atoms with van der Waals surface area (Å²) in [5.74, 6) is 0. The maximum Gasteiger partial charge on any atom is 0.198 e. The van der Waals surface area contributed by atoms with E-state index in [9.17, 15) is 31.6 Å². The van der Waals surface area contributed by atoms with E-state index < -0.39 is 24.2 Å². The predicted octanol–water partition coefficient (Wildman–Crippen LogP) is 24.4. The highest BCUT2D eigenvalue weighted by atomic mass is 28.3. The minimum Gasteiger partial charge on any atom is -0.311 e. The number of benzene rings is 21. The van der Waals surface area contributed by atoms with E-state index in [1.54, 1.807) is 6.07 Å². The van der Waals surface area contributed by atoms with Gasteiger partial charge in [0.2, 0.25) is 0 Å². The molecule has 15 heteroatoms. The van der Waals surface area contributed by atoms with Gasteiger partial charge in [-0.25, -0.2) is 14.5 Å². The number of fused-ring (bicyclic) bond motifs is 9. The number of para-hydroxylation sites is 3. The van der Waals surface area contributed by atoms with Gasteiger partial charge in [0.05, 0.1) is 128 Å². The molecule has 0 radical (unpaired) electrons. The molecule has 0 bridgehead atoms. The zero-order chi connectivity index (χ0) is 102. The fourth-order valence-corrected chi connectivity index (χ4v) is 37.0. The third kappa shape index (κ3) is 16.3. The Kier molecular flexibility index (Phi) is 25.6. The van der Waals surface area contributed by atoms with Crippen molar-refractivity contribution < 1.29 is 0 Å². The van der Waals surface area contributed by atoms with Crippen molar-refractivity contribution in [3.05, 3.63) is 577 Å². The monoisotopic (exact) mass is 1960 g/mol. The van der Waals surface area contributed by atoms with Gasteiger partial charge in [-0.1, -0.05) is 388 Å². The summed E-state index contributed by atoms with van der Waals surface area (Å²) in [6, 6.07) is 188. The first-order valence-electron chi connectivity index (χ1n) is 49.0. The van der Waals surface area contributed by atoms with E-state index in [2.05, 4.69) is 392 Å². The fourth-order valence-electron chi connectivity index (χ4n) is 22.5. The Labute approximate surface area is 871 Å². The van der Waals surface area contributed by atoms with Crippen molar-refractivity contribution >= 4 is 169 Å². The predicted molar refractivity (Wildman–Crippen MR) is 617 cm³/mol. The van der Waals surface area contributed by atoms with Gasteiger partial charge in [-0.05, 0) is 206 Å². The van der Waals surface area contributed by atoms with Crippen LogP contribution in [0.1, 0.15) is 33.4 Å². The van der Waals surface area contributed by atoms with E-state index >= 15 is 0 Å². The first kappa shape index (κ1) is 94.0. The lowest BCUT2D eigenvalue weighted by Crippen LogP contribution is -2.75. The highest BCUT2D eigenvalue weighted by Crippen LogP contribution is 2.45. The average Bonchev–Trinajstić information content (AvgIpc) is 0.967. The molecule has 0 saturated heterocycles. The van der Waals surface area contributed by atoms with Crippen molar-refractivity contribution in [3.63, 3.8) is 0 Å². The van der Waals surface area contributed by atoms with Gasteiger partial charge in [-0.3, -0.25) is 0 Å². The molecule has 0 fully saturated rings. The summed E-state index contributed by atoms with van der Waals surface area (Å²) < 4.78 is 6.43. The van der Waals surface area contributed by atoms with Crippen LogP contribution in [-0.4, -0.2) is 37.9 Å². The zero-order valence-corrected chi connectivity index (χ0v) is 83.9. The number of aromatic nitrogens is 3. The summed E-state index contributed by atoms with van der Waals surface area (Å²) in [4.78, 5) is 12.0. The Bertz CT molecular complexity index is 9480. The highest BCUT2D eigenvalue weighted by molar-refractivity contribution is 7.21. The van der Waals surface area contributed by atoms with Gasteiger partial charge in [0.15, 0.2) is 41.3 Å². The van der Waals surface area contributed by atoms with E-state index in [1.807, 2.05) is 176 Å². The summed E-state index contributed by atoms with van der Waals surface area (Å²) in [6.07, 6.45) is 0. The molecule has 3 heterocycles. The lowest BCUT2D eigenvalue weighted by Gasteiger charge is -2.36. The topological polar surface area (TPSA) is 171 Å². The van der Waals surface area contributed by atoms with Gasteiger partial charge < -0.3 is 13.7 Å². The lowest BCUT2D eigenvalue weighted by atomic mass is 9.96. The van der Waals surface area contributed by atoms with Crippen LogP contribution < -0.4 is 62.2 Å². The van der Waals surface area contributed by atoms with Crippen LogP contribution in [0.2, 0.25) is 0 Å². The van der Waals surface area contributed by atoms with Gasteiger partial charge in [0.25, 0.3) is 0 Å². The molecule has 24 rings (SSSR count). The average molecular weight is 1960 g/mol. The summed E-state index contributed by atoms with van der Waals surface area (Å²) >= 11 is 0. The summed E-state index contributed by atoms with van der Waals surface area (Å²) in [7, 11) is -8.72. The normalized spacial score (nSPS) is 11.1. The van der Waals surface area contributed by atoms with E-state index in [4.69, 9.17) is 19.7 Å². The second-order valence-corrected chi connectivity index (χ2v) is 48.1. The van der Waals surface area contributed by atoms with Gasteiger partial charge in [-0.2, -0.15) is 31.6 Å². The molecule has 0 aliphatic carbocycles. The van der Waals surface area contributed by atoms with E-state index in [0.29, 0.717) is 56.0 Å². The molecule has 0 amide bonds. The maximum absolute atomic E-state index is 10.8. The Balaban J connectivity index is 0.000000127. The van der Waals surface area contributed by atoms with Crippen molar-refractivity contribution in [2.75, 3.05) is 0 Å². The largest absolute Gasteiger partial charge is 0.311 e. The zero-order valence-electron chi connectivity index (χ0n) is 80.9. The number of hydrogen-bond acceptors (Lipinski definition) is 6. The van der Waals surface area contributed by atoms with Crippen LogP contribution in [-0.2, 0) is 0 Å². The number of nitriles is 6. The van der Waals surface area contributed by atoms with Crippen LogP contribution in [0, 0.1) is 87.7 Å². The van der Waals surface area contributed by atoms with Gasteiger partial charge in [-0.15, -0.1) is 0 Å². The van der Waals surface area contributed by atoms with Crippen LogP contribution in [0.4, 0.5) is 17.1 Å². The number of nitrogens with zero attached hydrogens (tertiary/aromatic N) is 12. The van der Waals surface area contributed by atoms with E-state index in [-0.39, 0.29) is 0 Å². The lowest BCUT2D eigenvalue weighted by molar-refractivity contribution is 1.18. The molecule has 696 valence electrons. The summed E-state index contributed by atoms with van der Waals surface area (Å²) in [6.45, 7) is 24.8. The van der Waals surface area contributed by atoms with Crippen molar-refractivity contribution in [1.82, 2.24) is 13.7 Å². The van der Waals surface area contributed by atoms with Crippen LogP contribution in [0.3, 0.4) is 0 Å². The van der Waals surface area contributed by atoms with Crippen molar-refractivity contribution in [2.45, 2.75) is 0 Å². The Hall–Kier alpha value is -20.9. The Morgan fingerprint density at radius 1 is 0.193 bits per heavy atom. The first-order chi connectivity index (χ1) is 74.0. The van der Waals surface area contributed by atoms with Gasteiger partial charge >= 0.3 is 0 Å². The molecular formula is C135H84N12Si3. The molecule has 0 saturated carbocycles. The minimum atomic E-state index is -3.14. The van der Waals surface area contributed by atoms with Crippen LogP contribution in [0.25, 0.3) is 130 Å². The number of hydrogen-bond donors (Lipinski definition) is 0. The first-order valence-corrected chi connectivity index (χ1v) is 55.0. The molecular weight excluding hydrogens is 1870 g/mol. The minimum absolute atomic E-state index is 0.407. The Morgan fingerprint density at radius 2 is 0.513 bits per heavy atom. The van der Waals surface area contributed by atoms with Crippen LogP contribution >= 0.6 is 0 Å². The number of rotatable bonds is 18. The van der Waals surface area contributed by atoms with Crippen molar-refractivity contribution in [1.29, 1.82) is 31.6 Å². The molecule has 12 nitrogen and oxygen atoms in total. The molecule has 0 aliphatic rings. The third-order valence-corrected chi connectivity index (χ3v) is 43.3. The molecule has 0 atom stereocenters. The highest BCUT2D eigenvalue weighted by Gasteiger charge is 2.46. The second kappa shape index (κ2) is 40.8. The molecule has 0 N–H and O–H groups in total. The van der Waals surface area contributed by atoms with Gasteiger partial charge in [0.1, 0.15) is 0 Å². The molecule has 0 spiro atoms. The smallest absolute Gasteiger partial charge is 0.198 e. The van der Waals surface area contributed by atoms with Crippen molar-refractivity contribution in [3.8, 4) is 86.9 Å². The second-order valence-electron chi connectivity index (χ2n) is 36.7. The fraction of sp³-hybridized carbons (Fsp3) is 0. The van der Waals surface area contributed by atoms with Crippen LogP contribution in [0.15, 0.2) is 510 Å². The van der Waals surface area contributed by atoms with Crippen LogP contribution in [0.5, 0.6) is 0 Å². The Morgan fingerprint density at radius 3 is 0.907 bits per heavy atom. The quantitative estimate of drug-likeness (QED) is 0.0470. The molecule has 150 heavy (non-hydrogen) atoms. The van der Waals surface area contributed by atoms with Gasteiger partial charge in [0, 0.05) is 54.8 Å². The molecule has 24 aromatic rings. The molecule has 3 aromatic heterocycles. The molecule has 0 unspecified atom stereocenters. The SMILES string of the molecule is N#Cc1ccc(-c2c(C#N)cccc2-n2c3ccccc3c3cc(C#N)ccc32)c([Si](c2ccccc2)(c2ccccc2)c2ccccc2)c1.[C-]#[N+]c1cc(-n2c3ccccc3c3cc(C#N)ccc32)cc(C#N)c1-c1ccc([Si](c2ccccc2)(c2ccccc2)c2ccccc2)cc1.[C-]#[N+]c1cc(-n2c3ccccc3c3cc(C#N)ccc32)ccc1-c1cc([Si](c2ccccc2)(c2ccccc2)c2ccccc2)ccc1[N+]#[C-]. The van der Waals surface area contributed by atoms with Crippen molar-refractivity contribution in [2.24, 2.45) is 0 Å². The third-order valence-electron chi connectivity index (χ3n) is 28.9. The molecule has 21 aromatic carbocycles. The molecule has 0 aliphatic heterocycles.